The zero-order chi connectivity index (χ0) is 23.8. The molecule has 35 heavy (non-hydrogen) atoms. The van der Waals surface area contributed by atoms with Gasteiger partial charge in [-0.1, -0.05) is 48.5 Å². The van der Waals surface area contributed by atoms with Crippen molar-refractivity contribution in [3.8, 4) is 0 Å². The lowest BCUT2D eigenvalue weighted by molar-refractivity contribution is 0.121. The van der Waals surface area contributed by atoms with Crippen LogP contribution in [0.2, 0.25) is 0 Å². The summed E-state index contributed by atoms with van der Waals surface area (Å²) < 4.78 is 10.4. The number of benzene rings is 4. The third kappa shape index (κ3) is 3.61. The first kappa shape index (κ1) is 21.3. The Kier molecular flexibility index (Phi) is 5.39. The van der Waals surface area contributed by atoms with Gasteiger partial charge in [0.2, 0.25) is 0 Å². The highest BCUT2D eigenvalue weighted by molar-refractivity contribution is 5.94. The highest BCUT2D eigenvalue weighted by atomic mass is 16.5. The van der Waals surface area contributed by atoms with Gasteiger partial charge in [-0.25, -0.2) is 0 Å². The second-order valence-electron chi connectivity index (χ2n) is 8.64. The molecule has 172 valence electrons. The third-order valence-corrected chi connectivity index (χ3v) is 6.68. The lowest BCUT2D eigenvalue weighted by Gasteiger charge is -2.17. The Morgan fingerprint density at radius 1 is 0.457 bits per heavy atom. The molecule has 0 aliphatic heterocycles. The number of aromatic nitrogens is 2. The largest absolute Gasteiger partial charge is 0.378 e. The van der Waals surface area contributed by atoms with Crippen LogP contribution < -0.4 is 10.9 Å². The van der Waals surface area contributed by atoms with E-state index in [9.17, 15) is 9.59 Å². The quantitative estimate of drug-likeness (QED) is 0.249. The summed E-state index contributed by atoms with van der Waals surface area (Å²) >= 11 is 0. The van der Waals surface area contributed by atoms with Crippen LogP contribution in [-0.4, -0.2) is 22.3 Å². The molecule has 5 nitrogen and oxygen atoms in total. The van der Waals surface area contributed by atoms with Gasteiger partial charge in [-0.2, -0.15) is 0 Å². The first-order valence-corrected chi connectivity index (χ1v) is 11.8. The van der Waals surface area contributed by atoms with Crippen LogP contribution in [0.25, 0.3) is 43.6 Å². The Hall–Kier alpha value is -4.22. The molecule has 6 aromatic rings. The molecule has 2 aromatic heterocycles. The maximum absolute atomic E-state index is 12.9. The lowest BCUT2D eigenvalue weighted by Crippen LogP contribution is -2.17. The maximum atomic E-state index is 12.9. The van der Waals surface area contributed by atoms with E-state index >= 15 is 0 Å². The van der Waals surface area contributed by atoms with E-state index in [1.165, 1.54) is 0 Å². The summed E-state index contributed by atoms with van der Waals surface area (Å²) in [6, 6.07) is 30.9. The molecule has 0 saturated carbocycles. The van der Waals surface area contributed by atoms with E-state index in [0.717, 1.165) is 43.6 Å². The number of hydrogen-bond donors (Lipinski definition) is 0. The van der Waals surface area contributed by atoms with Crippen molar-refractivity contribution in [2.24, 2.45) is 0 Å². The van der Waals surface area contributed by atoms with E-state index in [-0.39, 0.29) is 10.9 Å². The molecule has 0 aliphatic carbocycles. The summed E-state index contributed by atoms with van der Waals surface area (Å²) in [4.78, 5) is 25.9. The van der Waals surface area contributed by atoms with Crippen LogP contribution in [-0.2, 0) is 17.8 Å². The molecule has 0 atom stereocenters. The molecular formula is C30H24N2O3. The van der Waals surface area contributed by atoms with Crippen molar-refractivity contribution in [2.75, 3.05) is 13.2 Å². The number of ether oxygens (including phenoxy) is 1. The van der Waals surface area contributed by atoms with Crippen molar-refractivity contribution in [2.45, 2.75) is 13.1 Å². The molecule has 0 fully saturated rings. The van der Waals surface area contributed by atoms with Gasteiger partial charge >= 0.3 is 0 Å². The van der Waals surface area contributed by atoms with Crippen molar-refractivity contribution in [3.05, 3.63) is 118 Å². The zero-order valence-corrected chi connectivity index (χ0v) is 19.2. The van der Waals surface area contributed by atoms with Crippen LogP contribution in [0.3, 0.4) is 0 Å². The summed E-state index contributed by atoms with van der Waals surface area (Å²) in [5.74, 6) is 0. The number of hydrogen-bond acceptors (Lipinski definition) is 3. The van der Waals surface area contributed by atoms with Gasteiger partial charge in [0.25, 0.3) is 0 Å². The van der Waals surface area contributed by atoms with Crippen LogP contribution in [0.1, 0.15) is 0 Å². The molecule has 6 rings (SSSR count). The Morgan fingerprint density at radius 2 is 0.743 bits per heavy atom. The predicted molar refractivity (Wildman–Crippen MR) is 142 cm³/mol. The molecule has 0 amide bonds. The molecule has 0 N–H and O–H groups in total. The molecule has 2 heterocycles. The van der Waals surface area contributed by atoms with Crippen molar-refractivity contribution in [1.82, 2.24) is 9.13 Å². The fourth-order valence-electron chi connectivity index (χ4n) is 5.05. The van der Waals surface area contributed by atoms with Crippen molar-refractivity contribution in [3.63, 3.8) is 0 Å². The van der Waals surface area contributed by atoms with Crippen molar-refractivity contribution < 1.29 is 4.74 Å². The summed E-state index contributed by atoms with van der Waals surface area (Å²) in [7, 11) is 0. The minimum Gasteiger partial charge on any atom is -0.378 e. The van der Waals surface area contributed by atoms with E-state index in [2.05, 4.69) is 9.13 Å². The SMILES string of the molecule is O=c1c2ccccc2n(CCOCCn2c3ccccc3c(=O)c3ccccc32)c2ccccc12. The average Bonchev–Trinajstić information content (AvgIpc) is 2.92. The van der Waals surface area contributed by atoms with Gasteiger partial charge in [0.15, 0.2) is 10.9 Å². The molecule has 0 aliphatic rings. The van der Waals surface area contributed by atoms with E-state index in [0.29, 0.717) is 26.3 Å². The summed E-state index contributed by atoms with van der Waals surface area (Å²) in [5.41, 5.74) is 3.78. The van der Waals surface area contributed by atoms with Crippen LogP contribution in [0, 0.1) is 0 Å². The molecule has 0 saturated heterocycles. The van der Waals surface area contributed by atoms with Gasteiger partial charge in [0.1, 0.15) is 0 Å². The number of pyridine rings is 2. The minimum absolute atomic E-state index is 0.0605. The van der Waals surface area contributed by atoms with E-state index in [4.69, 9.17) is 4.74 Å². The second-order valence-corrected chi connectivity index (χ2v) is 8.64. The lowest BCUT2D eigenvalue weighted by atomic mass is 10.1. The summed E-state index contributed by atoms with van der Waals surface area (Å²) in [5, 5.41) is 2.88. The number of rotatable bonds is 6. The molecule has 0 spiro atoms. The Morgan fingerprint density at radius 3 is 1.06 bits per heavy atom. The van der Waals surface area contributed by atoms with E-state index in [1.807, 2.05) is 97.1 Å². The van der Waals surface area contributed by atoms with Crippen LogP contribution in [0.5, 0.6) is 0 Å². The molecule has 0 radical (unpaired) electrons. The molecule has 0 bridgehead atoms. The Bertz CT molecular complexity index is 1580. The van der Waals surface area contributed by atoms with Gasteiger partial charge in [-0.3, -0.25) is 9.59 Å². The van der Waals surface area contributed by atoms with E-state index in [1.54, 1.807) is 0 Å². The highest BCUT2D eigenvalue weighted by Gasteiger charge is 2.11. The summed E-state index contributed by atoms with van der Waals surface area (Å²) in [6.45, 7) is 2.28. The summed E-state index contributed by atoms with van der Waals surface area (Å²) in [6.07, 6.45) is 0. The fraction of sp³-hybridized carbons (Fsp3) is 0.133. The van der Waals surface area contributed by atoms with Gasteiger partial charge in [0, 0.05) is 34.6 Å². The smallest absolute Gasteiger partial charge is 0.197 e. The second kappa shape index (κ2) is 8.85. The standard InChI is InChI=1S/C30H24N2O3/c33-29-21-9-1-5-13-25(21)31(26-14-6-2-10-22(26)29)17-19-35-20-18-32-27-15-7-3-11-23(27)30(34)24-12-4-8-16-28(24)32/h1-16H,17-20H2. The monoisotopic (exact) mass is 460 g/mol. The third-order valence-electron chi connectivity index (χ3n) is 6.68. The van der Waals surface area contributed by atoms with Gasteiger partial charge in [-0.05, 0) is 48.5 Å². The normalized spacial score (nSPS) is 11.7. The Labute approximate surface area is 201 Å². The molecule has 4 aromatic carbocycles. The predicted octanol–water partition coefficient (Wildman–Crippen LogP) is 5.34. The average molecular weight is 461 g/mol. The maximum Gasteiger partial charge on any atom is 0.197 e. The van der Waals surface area contributed by atoms with Crippen molar-refractivity contribution in [1.29, 1.82) is 0 Å². The molecular weight excluding hydrogens is 436 g/mol. The number of nitrogens with zero attached hydrogens (tertiary/aromatic N) is 2. The highest BCUT2D eigenvalue weighted by Crippen LogP contribution is 2.20. The van der Waals surface area contributed by atoms with Crippen molar-refractivity contribution >= 4 is 43.6 Å². The van der Waals surface area contributed by atoms with E-state index < -0.39 is 0 Å². The van der Waals surface area contributed by atoms with Gasteiger partial charge in [0.05, 0.1) is 35.3 Å². The Balaban J connectivity index is 1.27. The van der Waals surface area contributed by atoms with Crippen LogP contribution >= 0.6 is 0 Å². The first-order valence-electron chi connectivity index (χ1n) is 11.8. The topological polar surface area (TPSA) is 53.2 Å². The zero-order valence-electron chi connectivity index (χ0n) is 19.2. The van der Waals surface area contributed by atoms with Gasteiger partial charge < -0.3 is 13.9 Å². The minimum atomic E-state index is 0.0605. The molecule has 5 heteroatoms. The van der Waals surface area contributed by atoms with Crippen LogP contribution in [0.4, 0.5) is 0 Å². The van der Waals surface area contributed by atoms with Crippen LogP contribution in [0.15, 0.2) is 107 Å². The first-order chi connectivity index (χ1) is 17.2. The number of fused-ring (bicyclic) bond motifs is 4. The molecule has 0 unspecified atom stereocenters. The number of para-hydroxylation sites is 4. The fourth-order valence-corrected chi connectivity index (χ4v) is 5.05. The van der Waals surface area contributed by atoms with Gasteiger partial charge in [-0.15, -0.1) is 0 Å².